The number of aryl methyl sites for hydroxylation is 1. The highest BCUT2D eigenvalue weighted by Crippen LogP contribution is 2.33. The van der Waals surface area contributed by atoms with E-state index in [1.165, 1.54) is 0 Å². The third kappa shape index (κ3) is 4.54. The molecule has 1 N–H and O–H groups in total. The highest BCUT2D eigenvalue weighted by Gasteiger charge is 2.15. The molecule has 0 radical (unpaired) electrons. The average Bonchev–Trinajstić information content (AvgIpc) is 3.44. The van der Waals surface area contributed by atoms with Gasteiger partial charge in [-0.05, 0) is 30.7 Å². The van der Waals surface area contributed by atoms with E-state index in [9.17, 15) is 4.79 Å². The van der Waals surface area contributed by atoms with E-state index in [2.05, 4.69) is 21.5 Å². The molecule has 7 nitrogen and oxygen atoms in total. The molecule has 0 fully saturated rings. The first kappa shape index (κ1) is 20.9. The van der Waals surface area contributed by atoms with Crippen LogP contribution in [0.5, 0.6) is 5.75 Å². The molecule has 2 heterocycles. The van der Waals surface area contributed by atoms with Crippen LogP contribution in [0.2, 0.25) is 0 Å². The first-order chi connectivity index (χ1) is 15.1. The van der Waals surface area contributed by atoms with Crippen molar-refractivity contribution in [2.75, 3.05) is 32.6 Å². The first-order valence-electron chi connectivity index (χ1n) is 10.1. The largest absolute Gasteiger partial charge is 0.496 e. The van der Waals surface area contributed by atoms with Crippen molar-refractivity contribution in [3.8, 4) is 17.0 Å². The molecule has 0 aliphatic rings. The van der Waals surface area contributed by atoms with Gasteiger partial charge in [-0.3, -0.25) is 9.48 Å². The van der Waals surface area contributed by atoms with Gasteiger partial charge in [0.25, 0.3) is 5.91 Å². The minimum atomic E-state index is -0.114. The van der Waals surface area contributed by atoms with Crippen LogP contribution in [-0.2, 0) is 6.54 Å². The zero-order valence-corrected chi connectivity index (χ0v) is 18.6. The standard InChI is InChI=1S/C23H25N5O2S/c1-27(2)23-26-19(15-31-23)18-13-16(9-10-21(18)30-3)22(29)24-11-6-12-28-20-8-5-4-7-17(20)14-25-28/h4-5,7-10,13-15H,6,11-12H2,1-3H3,(H,24,29). The number of nitrogens with zero attached hydrogens (tertiary/aromatic N) is 4. The Labute approximate surface area is 185 Å². The predicted octanol–water partition coefficient (Wildman–Crippen LogP) is 4.05. The van der Waals surface area contributed by atoms with E-state index in [0.717, 1.165) is 40.3 Å². The summed E-state index contributed by atoms with van der Waals surface area (Å²) in [5, 5.41) is 11.4. The number of anilines is 1. The Kier molecular flexibility index (Phi) is 6.18. The van der Waals surface area contributed by atoms with E-state index in [4.69, 9.17) is 4.74 Å². The number of rotatable bonds is 8. The third-order valence-electron chi connectivity index (χ3n) is 5.00. The van der Waals surface area contributed by atoms with Gasteiger partial charge in [0.2, 0.25) is 0 Å². The van der Waals surface area contributed by atoms with Gasteiger partial charge in [-0.25, -0.2) is 4.98 Å². The van der Waals surface area contributed by atoms with Gasteiger partial charge in [-0.2, -0.15) is 5.10 Å². The minimum absolute atomic E-state index is 0.114. The van der Waals surface area contributed by atoms with E-state index < -0.39 is 0 Å². The molecule has 1 amide bonds. The lowest BCUT2D eigenvalue weighted by Crippen LogP contribution is -2.25. The molecule has 0 saturated heterocycles. The molecule has 0 atom stereocenters. The van der Waals surface area contributed by atoms with E-state index in [1.54, 1.807) is 24.5 Å². The second kappa shape index (κ2) is 9.18. The minimum Gasteiger partial charge on any atom is -0.496 e. The smallest absolute Gasteiger partial charge is 0.251 e. The summed E-state index contributed by atoms with van der Waals surface area (Å²) < 4.78 is 7.46. The number of ether oxygens (including phenoxy) is 1. The Morgan fingerprint density at radius 3 is 2.84 bits per heavy atom. The van der Waals surface area contributed by atoms with Crippen LogP contribution in [-0.4, -0.2) is 48.4 Å². The van der Waals surface area contributed by atoms with Crippen LogP contribution in [0.15, 0.2) is 54.0 Å². The van der Waals surface area contributed by atoms with Gasteiger partial charge in [-0.1, -0.05) is 18.2 Å². The number of methoxy groups -OCH3 is 1. The van der Waals surface area contributed by atoms with Crippen LogP contribution in [0.4, 0.5) is 5.13 Å². The van der Waals surface area contributed by atoms with Crippen molar-refractivity contribution in [2.24, 2.45) is 0 Å². The second-order valence-corrected chi connectivity index (χ2v) is 8.20. The summed E-state index contributed by atoms with van der Waals surface area (Å²) in [6.07, 6.45) is 2.66. The van der Waals surface area contributed by atoms with Crippen molar-refractivity contribution >= 4 is 33.3 Å². The Hall–Kier alpha value is -3.39. The SMILES string of the molecule is COc1ccc(C(=O)NCCCn2ncc3ccccc32)cc1-c1csc(N(C)C)n1. The van der Waals surface area contributed by atoms with Crippen LogP contribution in [0.25, 0.3) is 22.2 Å². The molecule has 0 bridgehead atoms. The highest BCUT2D eigenvalue weighted by molar-refractivity contribution is 7.14. The van der Waals surface area contributed by atoms with E-state index >= 15 is 0 Å². The quantitative estimate of drug-likeness (QED) is 0.423. The molecule has 160 valence electrons. The highest BCUT2D eigenvalue weighted by atomic mass is 32.1. The van der Waals surface area contributed by atoms with Gasteiger partial charge in [-0.15, -0.1) is 11.3 Å². The lowest BCUT2D eigenvalue weighted by atomic mass is 10.1. The van der Waals surface area contributed by atoms with Gasteiger partial charge >= 0.3 is 0 Å². The lowest BCUT2D eigenvalue weighted by Gasteiger charge is -2.11. The summed E-state index contributed by atoms with van der Waals surface area (Å²) in [4.78, 5) is 19.3. The van der Waals surface area contributed by atoms with Gasteiger partial charge in [0.05, 0.1) is 24.5 Å². The normalized spacial score (nSPS) is 10.9. The summed E-state index contributed by atoms with van der Waals surface area (Å²) >= 11 is 1.55. The van der Waals surface area contributed by atoms with Crippen molar-refractivity contribution in [3.63, 3.8) is 0 Å². The summed E-state index contributed by atoms with van der Waals surface area (Å²) in [6.45, 7) is 1.31. The van der Waals surface area contributed by atoms with Crippen molar-refractivity contribution < 1.29 is 9.53 Å². The molecule has 0 saturated carbocycles. The van der Waals surface area contributed by atoms with Crippen LogP contribution < -0.4 is 15.0 Å². The molecule has 4 aromatic rings. The fourth-order valence-corrected chi connectivity index (χ4v) is 4.14. The Balaban J connectivity index is 1.41. The molecule has 0 aliphatic carbocycles. The number of carbonyl (C=O) groups is 1. The van der Waals surface area contributed by atoms with Gasteiger partial charge in [0.1, 0.15) is 5.75 Å². The van der Waals surface area contributed by atoms with Gasteiger partial charge in [0, 0.05) is 49.1 Å². The van der Waals surface area contributed by atoms with Crippen LogP contribution in [0.1, 0.15) is 16.8 Å². The molecule has 0 unspecified atom stereocenters. The molecule has 2 aromatic heterocycles. The summed E-state index contributed by atoms with van der Waals surface area (Å²) in [6, 6.07) is 13.5. The van der Waals surface area contributed by atoms with Crippen molar-refractivity contribution in [1.82, 2.24) is 20.1 Å². The summed E-state index contributed by atoms with van der Waals surface area (Å²) in [5.41, 5.74) is 3.29. The molecular weight excluding hydrogens is 410 g/mol. The fraction of sp³-hybridized carbons (Fsp3) is 0.261. The number of hydrogen-bond acceptors (Lipinski definition) is 6. The van der Waals surface area contributed by atoms with Crippen LogP contribution in [0, 0.1) is 0 Å². The number of aromatic nitrogens is 3. The van der Waals surface area contributed by atoms with E-state index in [0.29, 0.717) is 17.9 Å². The average molecular weight is 436 g/mol. The number of carbonyl (C=O) groups excluding carboxylic acids is 1. The zero-order valence-electron chi connectivity index (χ0n) is 17.8. The summed E-state index contributed by atoms with van der Waals surface area (Å²) in [5.74, 6) is 0.579. The Morgan fingerprint density at radius 2 is 2.06 bits per heavy atom. The number of para-hydroxylation sites is 1. The van der Waals surface area contributed by atoms with E-state index in [-0.39, 0.29) is 5.91 Å². The number of amides is 1. The van der Waals surface area contributed by atoms with Crippen molar-refractivity contribution in [3.05, 3.63) is 59.6 Å². The Morgan fingerprint density at radius 1 is 1.23 bits per heavy atom. The second-order valence-electron chi connectivity index (χ2n) is 7.36. The number of hydrogen-bond donors (Lipinski definition) is 1. The first-order valence-corrected chi connectivity index (χ1v) is 10.9. The topological polar surface area (TPSA) is 72.3 Å². The molecule has 2 aromatic carbocycles. The molecule has 8 heteroatoms. The summed E-state index contributed by atoms with van der Waals surface area (Å²) in [7, 11) is 5.53. The van der Waals surface area contributed by atoms with Crippen molar-refractivity contribution in [1.29, 1.82) is 0 Å². The number of nitrogens with one attached hydrogen (secondary N) is 1. The Bertz CT molecular complexity index is 1200. The number of benzene rings is 2. The monoisotopic (exact) mass is 435 g/mol. The van der Waals surface area contributed by atoms with E-state index in [1.807, 2.05) is 65.6 Å². The van der Waals surface area contributed by atoms with Crippen molar-refractivity contribution in [2.45, 2.75) is 13.0 Å². The van der Waals surface area contributed by atoms with Gasteiger partial charge in [0.15, 0.2) is 5.13 Å². The van der Waals surface area contributed by atoms with Gasteiger partial charge < -0.3 is 15.0 Å². The van der Waals surface area contributed by atoms with Crippen LogP contribution >= 0.6 is 11.3 Å². The molecular formula is C23H25N5O2S. The lowest BCUT2D eigenvalue weighted by molar-refractivity contribution is 0.0952. The maximum Gasteiger partial charge on any atom is 0.251 e. The molecule has 31 heavy (non-hydrogen) atoms. The molecule has 0 spiro atoms. The molecule has 4 rings (SSSR count). The molecule has 0 aliphatic heterocycles. The maximum absolute atomic E-state index is 12.7. The maximum atomic E-state index is 12.7. The third-order valence-corrected chi connectivity index (χ3v) is 6.00. The number of fused-ring (bicyclic) bond motifs is 1. The number of thiazole rings is 1. The fourth-order valence-electron chi connectivity index (χ4n) is 3.38. The zero-order chi connectivity index (χ0) is 21.8. The predicted molar refractivity (Wildman–Crippen MR) is 125 cm³/mol. The van der Waals surface area contributed by atoms with Crippen LogP contribution in [0.3, 0.4) is 0 Å².